The number of aryl methyl sites for hydroxylation is 1. The lowest BCUT2D eigenvalue weighted by molar-refractivity contribution is -0.142. The number of nitrogens with zero attached hydrogens (tertiary/aromatic N) is 3. The van der Waals surface area contributed by atoms with Gasteiger partial charge in [-0.05, 0) is 6.42 Å². The summed E-state index contributed by atoms with van der Waals surface area (Å²) in [7, 11) is 0. The molecule has 1 aliphatic heterocycles. The van der Waals surface area contributed by atoms with E-state index in [1.807, 2.05) is 18.4 Å². The summed E-state index contributed by atoms with van der Waals surface area (Å²) in [6.45, 7) is 4.10. The molecule has 1 aromatic rings. The number of aliphatic carboxylic acids is 1. The summed E-state index contributed by atoms with van der Waals surface area (Å²) >= 11 is 0. The summed E-state index contributed by atoms with van der Waals surface area (Å²) in [5.74, 6) is 0.323. The molecule has 2 N–H and O–H groups in total. The minimum Gasteiger partial charge on any atom is -0.481 e. The maximum atomic E-state index is 11.0. The molecule has 0 amide bonds. The molecule has 94 valence electrons. The molecule has 0 fully saturated rings. The Bertz CT molecular complexity index is 439. The quantitative estimate of drug-likeness (QED) is 0.786. The highest BCUT2D eigenvalue weighted by atomic mass is 16.4. The van der Waals surface area contributed by atoms with Crippen molar-refractivity contribution in [1.29, 1.82) is 0 Å². The van der Waals surface area contributed by atoms with E-state index in [0.29, 0.717) is 25.2 Å². The molecule has 0 saturated carbocycles. The Morgan fingerprint density at radius 1 is 1.53 bits per heavy atom. The fourth-order valence-corrected chi connectivity index (χ4v) is 2.10. The zero-order valence-corrected chi connectivity index (χ0v) is 10.1. The first-order chi connectivity index (χ1) is 7.95. The van der Waals surface area contributed by atoms with E-state index in [0.717, 1.165) is 5.82 Å². The fraction of sp³-hybridized carbons (Fsp3) is 0.727. The molecule has 1 atom stereocenters. The Labute approximate surface area is 99.3 Å². The highest BCUT2D eigenvalue weighted by Gasteiger charge is 2.33. The van der Waals surface area contributed by atoms with E-state index < -0.39 is 11.4 Å². The number of hydrogen-bond acceptors (Lipinski definition) is 4. The molecule has 6 nitrogen and oxygen atoms in total. The van der Waals surface area contributed by atoms with Crippen LogP contribution in [-0.4, -0.2) is 37.6 Å². The van der Waals surface area contributed by atoms with Gasteiger partial charge < -0.3 is 14.8 Å². The highest BCUT2D eigenvalue weighted by Crippen LogP contribution is 2.26. The number of carboxylic acids is 1. The SMILES string of the molecule is CC(C)(CO)c1nnc2n1CC(C(=O)O)CC2. The van der Waals surface area contributed by atoms with Crippen molar-refractivity contribution in [2.45, 2.75) is 38.6 Å². The van der Waals surface area contributed by atoms with Crippen LogP contribution in [0.3, 0.4) is 0 Å². The molecule has 1 unspecified atom stereocenters. The van der Waals surface area contributed by atoms with Gasteiger partial charge in [-0.25, -0.2) is 0 Å². The van der Waals surface area contributed by atoms with Gasteiger partial charge in [0.05, 0.1) is 12.5 Å². The number of carboxylic acid groups (broad SMARTS) is 1. The molecule has 6 heteroatoms. The summed E-state index contributed by atoms with van der Waals surface area (Å²) in [5, 5.41) is 26.6. The Morgan fingerprint density at radius 3 is 2.82 bits per heavy atom. The van der Waals surface area contributed by atoms with Crippen molar-refractivity contribution in [3.05, 3.63) is 11.6 Å². The van der Waals surface area contributed by atoms with E-state index in [4.69, 9.17) is 5.11 Å². The normalized spacial score (nSPS) is 20.1. The topological polar surface area (TPSA) is 88.2 Å². The van der Waals surface area contributed by atoms with E-state index in [-0.39, 0.29) is 12.5 Å². The van der Waals surface area contributed by atoms with Crippen molar-refractivity contribution in [2.75, 3.05) is 6.61 Å². The van der Waals surface area contributed by atoms with Gasteiger partial charge in [0, 0.05) is 18.4 Å². The van der Waals surface area contributed by atoms with Gasteiger partial charge in [-0.1, -0.05) is 13.8 Å². The van der Waals surface area contributed by atoms with Gasteiger partial charge in [0.25, 0.3) is 0 Å². The third-order valence-corrected chi connectivity index (χ3v) is 3.30. The number of aromatic nitrogens is 3. The summed E-state index contributed by atoms with van der Waals surface area (Å²) < 4.78 is 1.85. The van der Waals surface area contributed by atoms with Crippen LogP contribution in [0, 0.1) is 5.92 Å². The van der Waals surface area contributed by atoms with Crippen LogP contribution >= 0.6 is 0 Å². The summed E-state index contributed by atoms with van der Waals surface area (Å²) in [6, 6.07) is 0. The lowest BCUT2D eigenvalue weighted by Crippen LogP contribution is -2.33. The number of hydrogen-bond donors (Lipinski definition) is 2. The number of aliphatic hydroxyl groups excluding tert-OH is 1. The molecule has 0 radical (unpaired) electrons. The van der Waals surface area contributed by atoms with Crippen LogP contribution in [-0.2, 0) is 23.2 Å². The molecular formula is C11H17N3O3. The molecule has 17 heavy (non-hydrogen) atoms. The molecule has 1 aliphatic rings. The van der Waals surface area contributed by atoms with Gasteiger partial charge in [0.15, 0.2) is 0 Å². The second kappa shape index (κ2) is 4.10. The van der Waals surface area contributed by atoms with Crippen LogP contribution in [0.15, 0.2) is 0 Å². The van der Waals surface area contributed by atoms with Gasteiger partial charge >= 0.3 is 5.97 Å². The van der Waals surface area contributed by atoms with E-state index >= 15 is 0 Å². The van der Waals surface area contributed by atoms with Crippen LogP contribution in [0.4, 0.5) is 0 Å². The van der Waals surface area contributed by atoms with E-state index in [9.17, 15) is 9.90 Å². The second-order valence-corrected chi connectivity index (χ2v) is 5.17. The molecule has 0 saturated heterocycles. The standard InChI is InChI=1S/C11H17N3O3/c1-11(2,6-15)10-13-12-8-4-3-7(9(16)17)5-14(8)10/h7,15H,3-6H2,1-2H3,(H,16,17). The monoisotopic (exact) mass is 239 g/mol. The Morgan fingerprint density at radius 2 is 2.24 bits per heavy atom. The van der Waals surface area contributed by atoms with Gasteiger partial charge in [-0.2, -0.15) is 0 Å². The van der Waals surface area contributed by atoms with Crippen molar-refractivity contribution in [2.24, 2.45) is 5.92 Å². The molecular weight excluding hydrogens is 222 g/mol. The highest BCUT2D eigenvalue weighted by molar-refractivity contribution is 5.70. The predicted octanol–water partition coefficient (Wildman–Crippen LogP) is 0.195. The van der Waals surface area contributed by atoms with Gasteiger partial charge in [-0.15, -0.1) is 10.2 Å². The maximum absolute atomic E-state index is 11.0. The number of fused-ring (bicyclic) bond motifs is 1. The van der Waals surface area contributed by atoms with Crippen molar-refractivity contribution < 1.29 is 15.0 Å². The first-order valence-electron chi connectivity index (χ1n) is 5.72. The number of aliphatic hydroxyl groups is 1. The third kappa shape index (κ3) is 2.04. The zero-order valence-electron chi connectivity index (χ0n) is 10.1. The summed E-state index contributed by atoms with van der Waals surface area (Å²) in [5.41, 5.74) is -0.494. The number of rotatable bonds is 3. The van der Waals surface area contributed by atoms with Crippen LogP contribution < -0.4 is 0 Å². The molecule has 2 rings (SSSR count). The zero-order chi connectivity index (χ0) is 12.6. The first kappa shape index (κ1) is 12.0. The van der Waals surface area contributed by atoms with Crippen LogP contribution in [0.1, 0.15) is 31.9 Å². The van der Waals surface area contributed by atoms with Crippen molar-refractivity contribution in [3.63, 3.8) is 0 Å². The maximum Gasteiger partial charge on any atom is 0.308 e. The predicted molar refractivity (Wildman–Crippen MR) is 59.6 cm³/mol. The van der Waals surface area contributed by atoms with Gasteiger partial charge in [0.2, 0.25) is 0 Å². The van der Waals surface area contributed by atoms with E-state index in [2.05, 4.69) is 10.2 Å². The molecule has 0 spiro atoms. The molecule has 0 bridgehead atoms. The average Bonchev–Trinajstić information content (AvgIpc) is 2.72. The fourth-order valence-electron chi connectivity index (χ4n) is 2.10. The Balaban J connectivity index is 2.35. The van der Waals surface area contributed by atoms with Crippen molar-refractivity contribution in [3.8, 4) is 0 Å². The molecule has 0 aromatic carbocycles. The van der Waals surface area contributed by atoms with Crippen LogP contribution in [0.5, 0.6) is 0 Å². The largest absolute Gasteiger partial charge is 0.481 e. The van der Waals surface area contributed by atoms with Crippen LogP contribution in [0.25, 0.3) is 0 Å². The minimum atomic E-state index is -0.780. The molecule has 1 aromatic heterocycles. The smallest absolute Gasteiger partial charge is 0.308 e. The third-order valence-electron chi connectivity index (χ3n) is 3.30. The van der Waals surface area contributed by atoms with Gasteiger partial charge in [0.1, 0.15) is 11.6 Å². The number of carbonyl (C=O) groups is 1. The molecule has 2 heterocycles. The summed E-state index contributed by atoms with van der Waals surface area (Å²) in [6.07, 6.45) is 1.23. The lowest BCUT2D eigenvalue weighted by Gasteiger charge is -2.26. The van der Waals surface area contributed by atoms with Crippen LogP contribution in [0.2, 0.25) is 0 Å². The minimum absolute atomic E-state index is 0.0388. The van der Waals surface area contributed by atoms with Crippen molar-refractivity contribution >= 4 is 5.97 Å². The first-order valence-corrected chi connectivity index (χ1v) is 5.72. The second-order valence-electron chi connectivity index (χ2n) is 5.17. The van der Waals surface area contributed by atoms with Crippen molar-refractivity contribution in [1.82, 2.24) is 14.8 Å². The summed E-state index contributed by atoms with van der Waals surface area (Å²) in [4.78, 5) is 11.0. The van der Waals surface area contributed by atoms with E-state index in [1.54, 1.807) is 0 Å². The van der Waals surface area contributed by atoms with Gasteiger partial charge in [-0.3, -0.25) is 4.79 Å². The average molecular weight is 239 g/mol. The Kier molecular flexibility index (Phi) is 2.91. The lowest BCUT2D eigenvalue weighted by atomic mass is 9.92. The van der Waals surface area contributed by atoms with E-state index in [1.165, 1.54) is 0 Å². The Hall–Kier alpha value is -1.43. The molecule has 0 aliphatic carbocycles.